The van der Waals surface area contributed by atoms with E-state index in [1.165, 1.54) is 0 Å². The van der Waals surface area contributed by atoms with Crippen LogP contribution in [0.25, 0.3) is 0 Å². The molecule has 0 aliphatic rings. The second-order valence-corrected chi connectivity index (χ2v) is 4.41. The zero-order valence-corrected chi connectivity index (χ0v) is 10.7. The first-order valence-electron chi connectivity index (χ1n) is 5.91. The summed E-state index contributed by atoms with van der Waals surface area (Å²) in [4.78, 5) is 14.0. The van der Waals surface area contributed by atoms with Crippen molar-refractivity contribution < 1.29 is 9.36 Å². The van der Waals surface area contributed by atoms with Crippen molar-refractivity contribution in [2.45, 2.75) is 6.54 Å². The topological polar surface area (TPSA) is 24.2 Å². The Labute approximate surface area is 107 Å². The monoisotopic (exact) mass is 241 g/mol. The number of hydrogen-bond donors (Lipinski definition) is 0. The van der Waals surface area contributed by atoms with E-state index in [9.17, 15) is 4.79 Å². The number of ketones is 1. The van der Waals surface area contributed by atoms with Crippen LogP contribution >= 0.6 is 0 Å². The van der Waals surface area contributed by atoms with E-state index >= 15 is 0 Å². The molecule has 0 bridgehead atoms. The maximum Gasteiger partial charge on any atom is 0.227 e. The van der Waals surface area contributed by atoms with Gasteiger partial charge in [-0.05, 0) is 0 Å². The Hall–Kier alpha value is -2.16. The summed E-state index contributed by atoms with van der Waals surface area (Å²) >= 11 is 0. The van der Waals surface area contributed by atoms with Crippen molar-refractivity contribution in [3.8, 4) is 0 Å². The number of carbonyl (C=O) groups is 1. The molecule has 2 rings (SSSR count). The number of nitrogens with zero attached hydrogens (tertiary/aromatic N) is 2. The van der Waals surface area contributed by atoms with Gasteiger partial charge in [0.25, 0.3) is 0 Å². The minimum Gasteiger partial charge on any atom is -0.377 e. The number of rotatable bonds is 4. The maximum absolute atomic E-state index is 12.0. The zero-order chi connectivity index (χ0) is 13.0. The van der Waals surface area contributed by atoms with Crippen molar-refractivity contribution in [3.05, 3.63) is 60.4 Å². The molecule has 0 spiro atoms. The molecule has 0 aliphatic heterocycles. The van der Waals surface area contributed by atoms with Crippen LogP contribution in [0.4, 0.5) is 5.69 Å². The van der Waals surface area contributed by atoms with Gasteiger partial charge in [0.05, 0.1) is 0 Å². The van der Waals surface area contributed by atoms with E-state index in [1.807, 2.05) is 78.4 Å². The fourth-order valence-electron chi connectivity index (χ4n) is 1.73. The van der Waals surface area contributed by atoms with Crippen LogP contribution in [0, 0.1) is 0 Å². The van der Waals surface area contributed by atoms with Crippen LogP contribution in [-0.4, -0.2) is 19.9 Å². The summed E-state index contributed by atoms with van der Waals surface area (Å²) in [5.74, 6) is 0.123. The zero-order valence-electron chi connectivity index (χ0n) is 10.7. The van der Waals surface area contributed by atoms with Crippen LogP contribution in [0.15, 0.2) is 54.9 Å². The van der Waals surface area contributed by atoms with E-state index in [0.29, 0.717) is 6.54 Å². The van der Waals surface area contributed by atoms with Crippen LogP contribution in [0.2, 0.25) is 0 Å². The molecule has 0 radical (unpaired) electrons. The first-order valence-corrected chi connectivity index (χ1v) is 5.91. The summed E-state index contributed by atoms with van der Waals surface area (Å²) in [5, 5.41) is 0. The molecular formula is C15H17N2O+. The van der Waals surface area contributed by atoms with E-state index in [2.05, 4.69) is 0 Å². The summed E-state index contributed by atoms with van der Waals surface area (Å²) in [6.45, 7) is 0.373. The molecule has 1 aromatic heterocycles. The van der Waals surface area contributed by atoms with Gasteiger partial charge >= 0.3 is 0 Å². The lowest BCUT2D eigenvalue weighted by Gasteiger charge is -2.10. The number of aromatic nitrogens is 1. The molecule has 3 nitrogen and oxygen atoms in total. The number of Topliss-reactive ketones (excluding diaryl/α,β-unsaturated/α-hetero) is 1. The highest BCUT2D eigenvalue weighted by atomic mass is 16.1. The summed E-state index contributed by atoms with van der Waals surface area (Å²) in [6.07, 6.45) is 3.85. The molecule has 0 fully saturated rings. The third-order valence-corrected chi connectivity index (χ3v) is 2.81. The number of benzene rings is 1. The predicted octanol–water partition coefficient (Wildman–Crippen LogP) is 1.92. The summed E-state index contributed by atoms with van der Waals surface area (Å²) in [5.41, 5.74) is 1.88. The maximum atomic E-state index is 12.0. The highest BCUT2D eigenvalue weighted by Crippen LogP contribution is 2.06. The molecule has 92 valence electrons. The molecule has 1 heterocycles. The standard InChI is InChI=1S/C15H17N2O/c1-16(2)14-8-10-17(11-9-14)12-15(18)13-6-4-3-5-7-13/h3-11H,12H2,1-2H3/q+1. The Bertz CT molecular complexity index is 518. The van der Waals surface area contributed by atoms with Gasteiger partial charge in [-0.1, -0.05) is 30.3 Å². The normalized spacial score (nSPS) is 10.1. The van der Waals surface area contributed by atoms with Gasteiger partial charge in [0.15, 0.2) is 12.4 Å². The number of hydrogen-bond acceptors (Lipinski definition) is 2. The van der Waals surface area contributed by atoms with Gasteiger partial charge < -0.3 is 4.90 Å². The molecule has 0 aliphatic carbocycles. The lowest BCUT2D eigenvalue weighted by molar-refractivity contribution is -0.683. The lowest BCUT2D eigenvalue weighted by atomic mass is 10.1. The minimum absolute atomic E-state index is 0.123. The van der Waals surface area contributed by atoms with Crippen LogP contribution in [-0.2, 0) is 6.54 Å². The molecule has 0 saturated heterocycles. The summed E-state index contributed by atoms with van der Waals surface area (Å²) in [7, 11) is 3.99. The first kappa shape index (κ1) is 12.3. The molecule has 0 saturated carbocycles. The molecule has 1 aromatic carbocycles. The minimum atomic E-state index is 0.123. The third-order valence-electron chi connectivity index (χ3n) is 2.81. The smallest absolute Gasteiger partial charge is 0.227 e. The Kier molecular flexibility index (Phi) is 3.72. The highest BCUT2D eigenvalue weighted by molar-refractivity contribution is 5.94. The van der Waals surface area contributed by atoms with Crippen molar-refractivity contribution in [1.82, 2.24) is 0 Å². The molecule has 0 N–H and O–H groups in total. The quantitative estimate of drug-likeness (QED) is 0.603. The molecule has 2 aromatic rings. The van der Waals surface area contributed by atoms with E-state index in [0.717, 1.165) is 11.3 Å². The summed E-state index contributed by atoms with van der Waals surface area (Å²) in [6, 6.07) is 13.4. The molecule has 3 heteroatoms. The predicted molar refractivity (Wildman–Crippen MR) is 71.7 cm³/mol. The number of carbonyl (C=O) groups excluding carboxylic acids is 1. The Morgan fingerprint density at radius 1 is 1.06 bits per heavy atom. The van der Waals surface area contributed by atoms with Crippen molar-refractivity contribution in [1.29, 1.82) is 0 Å². The van der Waals surface area contributed by atoms with Crippen LogP contribution in [0.1, 0.15) is 10.4 Å². The second kappa shape index (κ2) is 5.45. The van der Waals surface area contributed by atoms with Crippen LogP contribution < -0.4 is 9.47 Å². The average Bonchev–Trinajstić information content (AvgIpc) is 2.40. The largest absolute Gasteiger partial charge is 0.377 e. The first-order chi connectivity index (χ1) is 8.66. The average molecular weight is 241 g/mol. The van der Waals surface area contributed by atoms with Crippen molar-refractivity contribution >= 4 is 11.5 Å². The molecule has 18 heavy (non-hydrogen) atoms. The second-order valence-electron chi connectivity index (χ2n) is 4.41. The molecule has 0 amide bonds. The van der Waals surface area contributed by atoms with Gasteiger partial charge in [-0.15, -0.1) is 0 Å². The fourth-order valence-corrected chi connectivity index (χ4v) is 1.73. The van der Waals surface area contributed by atoms with E-state index in [-0.39, 0.29) is 5.78 Å². The SMILES string of the molecule is CN(C)c1cc[n+](CC(=O)c2ccccc2)cc1. The van der Waals surface area contributed by atoms with Crippen LogP contribution in [0.3, 0.4) is 0 Å². The van der Waals surface area contributed by atoms with Gasteiger partial charge in [-0.3, -0.25) is 4.79 Å². The van der Waals surface area contributed by atoms with Crippen molar-refractivity contribution in [3.63, 3.8) is 0 Å². The van der Waals surface area contributed by atoms with Gasteiger partial charge in [0, 0.05) is 37.5 Å². The summed E-state index contributed by atoms with van der Waals surface area (Å²) < 4.78 is 1.89. The molecule has 0 atom stereocenters. The fraction of sp³-hybridized carbons (Fsp3) is 0.200. The molecular weight excluding hydrogens is 224 g/mol. The van der Waals surface area contributed by atoms with E-state index in [1.54, 1.807) is 0 Å². The van der Waals surface area contributed by atoms with E-state index in [4.69, 9.17) is 0 Å². The molecule has 0 unspecified atom stereocenters. The van der Waals surface area contributed by atoms with Gasteiger partial charge in [-0.25, -0.2) is 0 Å². The Morgan fingerprint density at radius 3 is 2.22 bits per heavy atom. The Balaban J connectivity index is 2.08. The lowest BCUT2D eigenvalue weighted by Crippen LogP contribution is -2.37. The van der Waals surface area contributed by atoms with Gasteiger partial charge in [0.1, 0.15) is 0 Å². The Morgan fingerprint density at radius 2 is 1.67 bits per heavy atom. The highest BCUT2D eigenvalue weighted by Gasteiger charge is 2.11. The van der Waals surface area contributed by atoms with Crippen molar-refractivity contribution in [2.75, 3.05) is 19.0 Å². The number of pyridine rings is 1. The van der Waals surface area contributed by atoms with Gasteiger partial charge in [0.2, 0.25) is 12.3 Å². The van der Waals surface area contributed by atoms with E-state index < -0.39 is 0 Å². The third kappa shape index (κ3) is 2.94. The van der Waals surface area contributed by atoms with Crippen LogP contribution in [0.5, 0.6) is 0 Å². The van der Waals surface area contributed by atoms with Crippen molar-refractivity contribution in [2.24, 2.45) is 0 Å². The number of anilines is 1. The van der Waals surface area contributed by atoms with Gasteiger partial charge in [-0.2, -0.15) is 4.57 Å².